The first-order valence-electron chi connectivity index (χ1n) is 10.7. The summed E-state index contributed by atoms with van der Waals surface area (Å²) in [6, 6.07) is 38.7. The normalized spacial score (nSPS) is 11.6. The van der Waals surface area contributed by atoms with Gasteiger partial charge in [0.2, 0.25) is 0 Å². The number of esters is 1. The zero-order chi connectivity index (χ0) is 22.2. The second kappa shape index (κ2) is 10.4. The molecule has 1 atom stereocenters. The van der Waals surface area contributed by atoms with E-state index in [-0.39, 0.29) is 5.97 Å². The van der Waals surface area contributed by atoms with Crippen LogP contribution in [0.25, 0.3) is 0 Å². The van der Waals surface area contributed by atoms with Gasteiger partial charge >= 0.3 is 5.97 Å². The molecule has 0 amide bonds. The molecule has 0 heterocycles. The minimum atomic E-state index is -0.666. The Morgan fingerprint density at radius 1 is 0.625 bits per heavy atom. The Hall–Kier alpha value is -3.98. The van der Waals surface area contributed by atoms with Crippen molar-refractivity contribution in [1.82, 2.24) is 0 Å². The summed E-state index contributed by atoms with van der Waals surface area (Å²) in [4.78, 5) is 18.0. The molecule has 0 saturated heterocycles. The molecule has 4 aromatic rings. The van der Waals surface area contributed by atoms with Crippen molar-refractivity contribution in [3.8, 4) is 0 Å². The highest BCUT2D eigenvalue weighted by atomic mass is 16.5. The molecule has 0 aliphatic carbocycles. The van der Waals surface area contributed by atoms with Crippen molar-refractivity contribution >= 4 is 11.7 Å². The van der Waals surface area contributed by atoms with E-state index in [1.165, 1.54) is 0 Å². The van der Waals surface area contributed by atoms with Gasteiger partial charge in [-0.1, -0.05) is 121 Å². The number of hydrogen-bond acceptors (Lipinski definition) is 3. The van der Waals surface area contributed by atoms with Crippen molar-refractivity contribution in [3.63, 3.8) is 0 Å². The maximum absolute atomic E-state index is 13.2. The van der Waals surface area contributed by atoms with Gasteiger partial charge in [0.25, 0.3) is 0 Å². The lowest BCUT2D eigenvalue weighted by Crippen LogP contribution is -2.23. The molecule has 0 spiro atoms. The highest BCUT2D eigenvalue weighted by molar-refractivity contribution is 6.13. The molecular formula is C29H25NO2. The zero-order valence-electron chi connectivity index (χ0n) is 18.0. The van der Waals surface area contributed by atoms with E-state index in [9.17, 15) is 4.79 Å². The van der Waals surface area contributed by atoms with Gasteiger partial charge in [-0.05, 0) is 18.1 Å². The summed E-state index contributed by atoms with van der Waals surface area (Å²) >= 11 is 0. The van der Waals surface area contributed by atoms with Gasteiger partial charge in [0.1, 0.15) is 6.04 Å². The fourth-order valence-electron chi connectivity index (χ4n) is 3.55. The molecule has 0 N–H and O–H groups in total. The highest BCUT2D eigenvalue weighted by Crippen LogP contribution is 2.26. The molecule has 0 bridgehead atoms. The van der Waals surface area contributed by atoms with Crippen LogP contribution >= 0.6 is 0 Å². The van der Waals surface area contributed by atoms with E-state index in [4.69, 9.17) is 9.73 Å². The van der Waals surface area contributed by atoms with Crippen molar-refractivity contribution < 1.29 is 9.53 Å². The summed E-state index contributed by atoms with van der Waals surface area (Å²) in [5.41, 5.74) is 4.54. The van der Waals surface area contributed by atoms with E-state index in [0.717, 1.165) is 28.0 Å². The van der Waals surface area contributed by atoms with Crippen LogP contribution in [-0.2, 0) is 9.53 Å². The third kappa shape index (κ3) is 5.19. The highest BCUT2D eigenvalue weighted by Gasteiger charge is 2.23. The van der Waals surface area contributed by atoms with Gasteiger partial charge in [-0.2, -0.15) is 0 Å². The lowest BCUT2D eigenvalue weighted by Gasteiger charge is -2.20. The fraction of sp³-hybridized carbons (Fsp3) is 0.103. The Kier molecular flexibility index (Phi) is 6.88. The fourth-order valence-corrected chi connectivity index (χ4v) is 3.55. The van der Waals surface area contributed by atoms with Crippen molar-refractivity contribution in [2.45, 2.75) is 19.1 Å². The van der Waals surface area contributed by atoms with E-state index in [1.807, 2.05) is 121 Å². The quantitative estimate of drug-likeness (QED) is 0.262. The van der Waals surface area contributed by atoms with Gasteiger partial charge in [-0.25, -0.2) is 4.79 Å². The smallest absolute Gasteiger partial charge is 0.331 e. The zero-order valence-corrected chi connectivity index (χ0v) is 18.0. The number of nitrogens with zero attached hydrogens (tertiary/aromatic N) is 1. The molecule has 32 heavy (non-hydrogen) atoms. The van der Waals surface area contributed by atoms with E-state index in [1.54, 1.807) is 6.92 Å². The van der Waals surface area contributed by atoms with Crippen LogP contribution in [0, 0.1) is 0 Å². The SMILES string of the molecule is C[C@H](N=C(c1ccccc1)c1ccccc1)C(=O)OC(c1ccccc1)c1ccccc1. The molecule has 0 aliphatic heterocycles. The minimum absolute atomic E-state index is 0.368. The summed E-state index contributed by atoms with van der Waals surface area (Å²) in [6.07, 6.45) is -0.487. The molecule has 0 aromatic heterocycles. The van der Waals surface area contributed by atoms with Gasteiger partial charge in [0, 0.05) is 11.1 Å². The number of hydrogen-bond donors (Lipinski definition) is 0. The molecule has 0 fully saturated rings. The van der Waals surface area contributed by atoms with Crippen LogP contribution in [0.15, 0.2) is 126 Å². The average Bonchev–Trinajstić information content (AvgIpc) is 2.87. The lowest BCUT2D eigenvalue weighted by molar-refractivity contribution is -0.148. The second-order valence-corrected chi connectivity index (χ2v) is 7.52. The third-order valence-corrected chi connectivity index (χ3v) is 5.20. The number of rotatable bonds is 7. The van der Waals surface area contributed by atoms with Gasteiger partial charge in [-0.15, -0.1) is 0 Å². The standard InChI is InChI=1S/C29H25NO2/c1-22(30-27(23-14-6-2-7-15-23)24-16-8-3-9-17-24)29(31)32-28(25-18-10-4-11-19-25)26-20-12-5-13-21-26/h2-22,28H,1H3/t22-/m0/s1. The molecule has 3 nitrogen and oxygen atoms in total. The molecule has 0 saturated carbocycles. The Bertz CT molecular complexity index is 1080. The minimum Gasteiger partial charge on any atom is -0.451 e. The van der Waals surface area contributed by atoms with Crippen LogP contribution in [0.2, 0.25) is 0 Å². The number of ether oxygens (including phenoxy) is 1. The van der Waals surface area contributed by atoms with Crippen LogP contribution < -0.4 is 0 Å². The Balaban J connectivity index is 1.64. The summed E-state index contributed by atoms with van der Waals surface area (Å²) in [5.74, 6) is -0.368. The maximum atomic E-state index is 13.2. The number of carbonyl (C=O) groups excluding carboxylic acids is 1. The summed E-state index contributed by atoms with van der Waals surface area (Å²) in [7, 11) is 0. The Labute approximate surface area is 189 Å². The van der Waals surface area contributed by atoms with Crippen molar-refractivity contribution in [2.24, 2.45) is 4.99 Å². The largest absolute Gasteiger partial charge is 0.451 e. The van der Waals surface area contributed by atoms with Crippen LogP contribution in [0.5, 0.6) is 0 Å². The van der Waals surface area contributed by atoms with Crippen LogP contribution in [-0.4, -0.2) is 17.7 Å². The van der Waals surface area contributed by atoms with Crippen molar-refractivity contribution in [1.29, 1.82) is 0 Å². The van der Waals surface area contributed by atoms with E-state index in [2.05, 4.69) is 0 Å². The molecule has 158 valence electrons. The molecular weight excluding hydrogens is 394 g/mol. The van der Waals surface area contributed by atoms with E-state index >= 15 is 0 Å². The first-order chi connectivity index (χ1) is 15.7. The van der Waals surface area contributed by atoms with E-state index < -0.39 is 12.1 Å². The van der Waals surface area contributed by atoms with E-state index in [0.29, 0.717) is 0 Å². The molecule has 0 radical (unpaired) electrons. The molecule has 4 aromatic carbocycles. The first kappa shape index (κ1) is 21.3. The molecule has 0 aliphatic rings. The number of benzene rings is 4. The van der Waals surface area contributed by atoms with Gasteiger partial charge in [0.15, 0.2) is 6.10 Å². The number of carbonyl (C=O) groups is 1. The molecule has 4 rings (SSSR count). The summed E-state index contributed by atoms with van der Waals surface area (Å²) in [5, 5.41) is 0. The van der Waals surface area contributed by atoms with Crippen molar-refractivity contribution in [2.75, 3.05) is 0 Å². The predicted octanol–water partition coefficient (Wildman–Crippen LogP) is 6.25. The van der Waals surface area contributed by atoms with Crippen molar-refractivity contribution in [3.05, 3.63) is 144 Å². The molecule has 3 heteroatoms. The predicted molar refractivity (Wildman–Crippen MR) is 129 cm³/mol. The van der Waals surface area contributed by atoms with Gasteiger partial charge in [0.05, 0.1) is 5.71 Å². The Morgan fingerprint density at radius 2 is 1.00 bits per heavy atom. The van der Waals surface area contributed by atoms with Gasteiger partial charge < -0.3 is 4.74 Å². The second-order valence-electron chi connectivity index (χ2n) is 7.52. The summed E-state index contributed by atoms with van der Waals surface area (Å²) in [6.45, 7) is 1.78. The molecule has 0 unspecified atom stereocenters. The van der Waals surface area contributed by atoms with Gasteiger partial charge in [-0.3, -0.25) is 4.99 Å². The topological polar surface area (TPSA) is 38.7 Å². The summed E-state index contributed by atoms with van der Waals surface area (Å²) < 4.78 is 6.01. The maximum Gasteiger partial charge on any atom is 0.331 e. The lowest BCUT2D eigenvalue weighted by atomic mass is 10.0. The Morgan fingerprint density at radius 3 is 1.41 bits per heavy atom. The van der Waals surface area contributed by atoms with Crippen LogP contribution in [0.3, 0.4) is 0 Å². The van der Waals surface area contributed by atoms with Crippen LogP contribution in [0.1, 0.15) is 35.3 Å². The number of aliphatic imine (C=N–C) groups is 1. The van der Waals surface area contributed by atoms with Crippen LogP contribution in [0.4, 0.5) is 0 Å². The monoisotopic (exact) mass is 419 g/mol. The third-order valence-electron chi connectivity index (χ3n) is 5.20. The first-order valence-corrected chi connectivity index (χ1v) is 10.7. The average molecular weight is 420 g/mol.